The number of nitrogens with two attached hydrogens (primary N) is 1. The molecule has 1 saturated heterocycles. The first-order valence-electron chi connectivity index (χ1n) is 6.54. The molecule has 1 rings (SSSR count). The van der Waals surface area contributed by atoms with Crippen LogP contribution in [0.3, 0.4) is 0 Å². The molecule has 0 spiro atoms. The first-order chi connectivity index (χ1) is 7.56. The molecule has 0 amide bonds. The van der Waals surface area contributed by atoms with Crippen molar-refractivity contribution >= 4 is 0 Å². The number of piperidine rings is 1. The predicted octanol–water partition coefficient (Wildman–Crippen LogP) is 1.72. The van der Waals surface area contributed by atoms with Crippen molar-refractivity contribution in [3.63, 3.8) is 0 Å². The maximum atomic E-state index is 6.02. The quantitative estimate of drug-likeness (QED) is 0.778. The van der Waals surface area contributed by atoms with Crippen LogP contribution in [-0.4, -0.2) is 43.8 Å². The number of nitrogens with zero attached hydrogens (tertiary/aromatic N) is 1. The van der Waals surface area contributed by atoms with Crippen molar-refractivity contribution in [3.05, 3.63) is 0 Å². The van der Waals surface area contributed by atoms with Crippen molar-refractivity contribution < 1.29 is 4.74 Å². The maximum absolute atomic E-state index is 6.02. The third-order valence-electron chi connectivity index (χ3n) is 3.81. The number of ether oxygens (including phenoxy) is 1. The van der Waals surface area contributed by atoms with Gasteiger partial charge < -0.3 is 10.5 Å². The van der Waals surface area contributed by atoms with E-state index in [-0.39, 0.29) is 0 Å². The van der Waals surface area contributed by atoms with E-state index in [0.717, 1.165) is 13.2 Å². The standard InChI is InChI=1S/C13H28N2O/c1-10(2)13(9-16-4)15-7-5-6-12(8-15)11(3)14/h10-13H,5-9,14H2,1-4H3. The van der Waals surface area contributed by atoms with Gasteiger partial charge in [-0.25, -0.2) is 0 Å². The van der Waals surface area contributed by atoms with Crippen LogP contribution in [0.1, 0.15) is 33.6 Å². The zero-order valence-electron chi connectivity index (χ0n) is 11.3. The van der Waals surface area contributed by atoms with Crippen LogP contribution in [-0.2, 0) is 4.74 Å². The summed E-state index contributed by atoms with van der Waals surface area (Å²) in [4.78, 5) is 2.58. The highest BCUT2D eigenvalue weighted by atomic mass is 16.5. The Kier molecular flexibility index (Phi) is 5.73. The van der Waals surface area contributed by atoms with Gasteiger partial charge in [-0.15, -0.1) is 0 Å². The molecule has 0 bridgehead atoms. The van der Waals surface area contributed by atoms with Gasteiger partial charge in [0.1, 0.15) is 0 Å². The van der Waals surface area contributed by atoms with E-state index in [1.165, 1.54) is 19.4 Å². The smallest absolute Gasteiger partial charge is 0.0620 e. The molecule has 0 aromatic rings. The highest BCUT2D eigenvalue weighted by molar-refractivity contribution is 4.83. The fraction of sp³-hybridized carbons (Fsp3) is 1.00. The Morgan fingerprint density at radius 1 is 1.38 bits per heavy atom. The Balaban J connectivity index is 2.55. The minimum Gasteiger partial charge on any atom is -0.383 e. The van der Waals surface area contributed by atoms with Crippen molar-refractivity contribution in [3.8, 4) is 0 Å². The Morgan fingerprint density at radius 2 is 2.06 bits per heavy atom. The molecule has 1 aliphatic heterocycles. The summed E-state index contributed by atoms with van der Waals surface area (Å²) in [6, 6.07) is 0.865. The van der Waals surface area contributed by atoms with Crippen molar-refractivity contribution in [1.29, 1.82) is 0 Å². The second-order valence-electron chi connectivity index (χ2n) is 5.52. The van der Waals surface area contributed by atoms with Crippen LogP contribution < -0.4 is 5.73 Å². The van der Waals surface area contributed by atoms with Gasteiger partial charge in [0.05, 0.1) is 6.61 Å². The average Bonchev–Trinajstić information content (AvgIpc) is 2.25. The highest BCUT2D eigenvalue weighted by Gasteiger charge is 2.28. The van der Waals surface area contributed by atoms with Crippen LogP contribution in [0, 0.1) is 11.8 Å². The third kappa shape index (κ3) is 3.72. The lowest BCUT2D eigenvalue weighted by Gasteiger charge is -2.41. The topological polar surface area (TPSA) is 38.5 Å². The zero-order valence-corrected chi connectivity index (χ0v) is 11.3. The van der Waals surface area contributed by atoms with Gasteiger partial charge in [-0.1, -0.05) is 13.8 Å². The Bertz CT molecular complexity index is 194. The van der Waals surface area contributed by atoms with E-state index >= 15 is 0 Å². The van der Waals surface area contributed by atoms with Gasteiger partial charge >= 0.3 is 0 Å². The molecule has 0 aliphatic carbocycles. The van der Waals surface area contributed by atoms with Crippen molar-refractivity contribution in [2.45, 2.75) is 45.7 Å². The molecular weight excluding hydrogens is 200 g/mol. The molecule has 1 aliphatic rings. The summed E-state index contributed by atoms with van der Waals surface area (Å²) in [6.45, 7) is 9.87. The molecule has 3 heteroatoms. The van der Waals surface area contributed by atoms with Gasteiger partial charge in [0.2, 0.25) is 0 Å². The molecule has 0 aromatic carbocycles. The average molecular weight is 228 g/mol. The molecule has 3 nitrogen and oxygen atoms in total. The molecule has 0 aromatic heterocycles. The van der Waals surface area contributed by atoms with Crippen LogP contribution >= 0.6 is 0 Å². The lowest BCUT2D eigenvalue weighted by atomic mass is 9.90. The summed E-state index contributed by atoms with van der Waals surface area (Å²) in [5, 5.41) is 0. The lowest BCUT2D eigenvalue weighted by Crippen LogP contribution is -2.50. The molecule has 0 saturated carbocycles. The van der Waals surface area contributed by atoms with Crippen molar-refractivity contribution in [2.75, 3.05) is 26.8 Å². The van der Waals surface area contributed by atoms with Crippen LogP contribution in [0.4, 0.5) is 0 Å². The SMILES string of the molecule is COCC(C(C)C)N1CCCC(C(C)N)C1. The number of rotatable bonds is 5. The number of methoxy groups -OCH3 is 1. The van der Waals surface area contributed by atoms with Crippen molar-refractivity contribution in [1.82, 2.24) is 4.90 Å². The first kappa shape index (κ1) is 13.9. The molecule has 1 heterocycles. The van der Waals surface area contributed by atoms with E-state index in [9.17, 15) is 0 Å². The fourth-order valence-corrected chi connectivity index (χ4v) is 2.66. The van der Waals surface area contributed by atoms with Gasteiger partial charge in [0.15, 0.2) is 0 Å². The molecule has 1 fully saturated rings. The molecular formula is C13H28N2O. The largest absolute Gasteiger partial charge is 0.383 e. The molecule has 3 unspecified atom stereocenters. The lowest BCUT2D eigenvalue weighted by molar-refractivity contribution is 0.0334. The molecule has 2 N–H and O–H groups in total. The molecule has 16 heavy (non-hydrogen) atoms. The van der Waals surface area contributed by atoms with E-state index in [4.69, 9.17) is 10.5 Å². The number of hydrogen-bond donors (Lipinski definition) is 1. The third-order valence-corrected chi connectivity index (χ3v) is 3.81. The molecule has 96 valence electrons. The second kappa shape index (κ2) is 6.58. The Labute approximate surface area is 100 Å². The van der Waals surface area contributed by atoms with Gasteiger partial charge in [0.25, 0.3) is 0 Å². The van der Waals surface area contributed by atoms with E-state index in [0.29, 0.717) is 23.9 Å². The summed E-state index contributed by atoms with van der Waals surface area (Å²) < 4.78 is 5.34. The molecule has 3 atom stereocenters. The van der Waals surface area contributed by atoms with E-state index in [1.807, 2.05) is 0 Å². The van der Waals surface area contributed by atoms with E-state index in [2.05, 4.69) is 25.7 Å². The normalized spacial score (nSPS) is 27.0. The van der Waals surface area contributed by atoms with E-state index < -0.39 is 0 Å². The van der Waals surface area contributed by atoms with Crippen LogP contribution in [0.25, 0.3) is 0 Å². The van der Waals surface area contributed by atoms with E-state index in [1.54, 1.807) is 7.11 Å². The predicted molar refractivity (Wildman–Crippen MR) is 68.4 cm³/mol. The second-order valence-corrected chi connectivity index (χ2v) is 5.52. The van der Waals surface area contributed by atoms with Gasteiger partial charge in [-0.05, 0) is 38.1 Å². The minimum absolute atomic E-state index is 0.318. The Hall–Kier alpha value is -0.120. The van der Waals surface area contributed by atoms with Gasteiger partial charge in [-0.2, -0.15) is 0 Å². The van der Waals surface area contributed by atoms with Crippen LogP contribution in [0.15, 0.2) is 0 Å². The maximum Gasteiger partial charge on any atom is 0.0620 e. The monoisotopic (exact) mass is 228 g/mol. The summed E-state index contributed by atoms with van der Waals surface area (Å²) >= 11 is 0. The zero-order chi connectivity index (χ0) is 12.1. The molecule has 0 radical (unpaired) electrons. The minimum atomic E-state index is 0.318. The van der Waals surface area contributed by atoms with Crippen LogP contribution in [0.2, 0.25) is 0 Å². The fourth-order valence-electron chi connectivity index (χ4n) is 2.66. The number of hydrogen-bond acceptors (Lipinski definition) is 3. The summed E-state index contributed by atoms with van der Waals surface area (Å²) in [6.07, 6.45) is 2.56. The number of likely N-dealkylation sites (tertiary alicyclic amines) is 1. The Morgan fingerprint density at radius 3 is 2.56 bits per heavy atom. The summed E-state index contributed by atoms with van der Waals surface area (Å²) in [5.74, 6) is 1.30. The van der Waals surface area contributed by atoms with Crippen LogP contribution in [0.5, 0.6) is 0 Å². The summed E-state index contributed by atoms with van der Waals surface area (Å²) in [5.41, 5.74) is 6.02. The van der Waals surface area contributed by atoms with Gasteiger partial charge in [0, 0.05) is 25.7 Å². The first-order valence-corrected chi connectivity index (χ1v) is 6.54. The summed E-state index contributed by atoms with van der Waals surface area (Å²) in [7, 11) is 1.79. The highest BCUT2D eigenvalue weighted by Crippen LogP contribution is 2.23. The van der Waals surface area contributed by atoms with Gasteiger partial charge in [-0.3, -0.25) is 4.90 Å². The van der Waals surface area contributed by atoms with Crippen molar-refractivity contribution in [2.24, 2.45) is 17.6 Å².